The van der Waals surface area contributed by atoms with Crippen LogP contribution in [0.5, 0.6) is 5.75 Å². The highest BCUT2D eigenvalue weighted by Gasteiger charge is 2.17. The summed E-state index contributed by atoms with van der Waals surface area (Å²) in [5, 5.41) is 0. The molecule has 3 rings (SSSR count). The van der Waals surface area contributed by atoms with E-state index in [0.29, 0.717) is 30.0 Å². The normalized spacial score (nSPS) is 11.1. The Balaban J connectivity index is 1.73. The van der Waals surface area contributed by atoms with Crippen LogP contribution in [0.2, 0.25) is 0 Å². The number of benzene rings is 3. The van der Waals surface area contributed by atoms with Gasteiger partial charge in [-0.3, -0.25) is 9.52 Å². The van der Waals surface area contributed by atoms with Crippen molar-refractivity contribution in [2.45, 2.75) is 25.3 Å². The zero-order valence-electron chi connectivity index (χ0n) is 17.8. The number of sulfonamides is 1. The van der Waals surface area contributed by atoms with E-state index >= 15 is 0 Å². The van der Waals surface area contributed by atoms with Gasteiger partial charge in [0.1, 0.15) is 5.75 Å². The van der Waals surface area contributed by atoms with Crippen LogP contribution in [0.1, 0.15) is 28.4 Å². The van der Waals surface area contributed by atoms with E-state index in [9.17, 15) is 13.2 Å². The summed E-state index contributed by atoms with van der Waals surface area (Å²) >= 11 is 0. The lowest BCUT2D eigenvalue weighted by Crippen LogP contribution is -2.26. The number of hydrogen-bond acceptors (Lipinski definition) is 4. The number of carbonyl (C=O) groups is 1. The maximum Gasteiger partial charge on any atom is 0.261 e. The molecular weight excluding hydrogens is 412 g/mol. The van der Waals surface area contributed by atoms with Gasteiger partial charge in [0.2, 0.25) is 0 Å². The van der Waals surface area contributed by atoms with Gasteiger partial charge in [-0.05, 0) is 67.4 Å². The Bertz CT molecular complexity index is 1160. The molecule has 0 aliphatic rings. The monoisotopic (exact) mass is 438 g/mol. The summed E-state index contributed by atoms with van der Waals surface area (Å²) in [6, 6.07) is 20.7. The molecule has 1 amide bonds. The van der Waals surface area contributed by atoms with Crippen molar-refractivity contribution in [3.63, 3.8) is 0 Å². The van der Waals surface area contributed by atoms with Crippen molar-refractivity contribution in [1.29, 1.82) is 0 Å². The molecule has 0 aromatic heterocycles. The number of carbonyl (C=O) groups excluding carboxylic acids is 1. The fraction of sp³-hybridized carbons (Fsp3) is 0.208. The number of hydrogen-bond donors (Lipinski definition) is 1. The van der Waals surface area contributed by atoms with Crippen LogP contribution in [-0.2, 0) is 16.6 Å². The van der Waals surface area contributed by atoms with Gasteiger partial charge in [0.25, 0.3) is 15.9 Å². The van der Waals surface area contributed by atoms with Gasteiger partial charge in [0.15, 0.2) is 0 Å². The first-order chi connectivity index (χ1) is 14.8. The van der Waals surface area contributed by atoms with Crippen LogP contribution in [0, 0.1) is 6.92 Å². The number of aryl methyl sites for hydroxylation is 1. The van der Waals surface area contributed by atoms with Crippen molar-refractivity contribution in [2.24, 2.45) is 0 Å². The Morgan fingerprint density at radius 3 is 2.42 bits per heavy atom. The van der Waals surface area contributed by atoms with E-state index in [1.165, 1.54) is 12.1 Å². The Morgan fingerprint density at radius 2 is 1.74 bits per heavy atom. The number of anilines is 1. The van der Waals surface area contributed by atoms with Crippen LogP contribution in [0.3, 0.4) is 0 Å². The molecule has 0 fully saturated rings. The minimum absolute atomic E-state index is 0.151. The van der Waals surface area contributed by atoms with E-state index in [-0.39, 0.29) is 10.8 Å². The predicted molar refractivity (Wildman–Crippen MR) is 122 cm³/mol. The summed E-state index contributed by atoms with van der Waals surface area (Å²) in [5.74, 6) is 0.620. The van der Waals surface area contributed by atoms with Crippen LogP contribution < -0.4 is 9.46 Å². The van der Waals surface area contributed by atoms with Gasteiger partial charge in [0.05, 0.1) is 17.2 Å². The minimum atomic E-state index is -3.69. The predicted octanol–water partition coefficient (Wildman–Crippen LogP) is 4.47. The molecule has 31 heavy (non-hydrogen) atoms. The van der Waals surface area contributed by atoms with Crippen LogP contribution in [0.4, 0.5) is 5.69 Å². The maximum absolute atomic E-state index is 12.9. The van der Waals surface area contributed by atoms with Gasteiger partial charge in [-0.15, -0.1) is 0 Å². The lowest BCUT2D eigenvalue weighted by Gasteiger charge is -2.19. The van der Waals surface area contributed by atoms with Gasteiger partial charge < -0.3 is 9.64 Å². The van der Waals surface area contributed by atoms with E-state index in [2.05, 4.69) is 4.72 Å². The van der Waals surface area contributed by atoms with Gasteiger partial charge in [-0.2, -0.15) is 0 Å². The number of amides is 1. The van der Waals surface area contributed by atoms with Crippen molar-refractivity contribution in [2.75, 3.05) is 18.4 Å². The quantitative estimate of drug-likeness (QED) is 0.563. The zero-order valence-corrected chi connectivity index (χ0v) is 18.6. The first kappa shape index (κ1) is 22.4. The molecule has 3 aromatic rings. The molecule has 6 nitrogen and oxygen atoms in total. The molecule has 0 bridgehead atoms. The first-order valence-electron chi connectivity index (χ1n) is 9.96. The summed E-state index contributed by atoms with van der Waals surface area (Å²) in [5.41, 5.74) is 2.55. The average molecular weight is 439 g/mol. The second kappa shape index (κ2) is 9.66. The van der Waals surface area contributed by atoms with Crippen molar-refractivity contribution < 1.29 is 17.9 Å². The molecule has 0 aliphatic carbocycles. The van der Waals surface area contributed by atoms with E-state index in [1.54, 1.807) is 55.3 Å². The summed E-state index contributed by atoms with van der Waals surface area (Å²) in [6.45, 7) is 4.71. The number of ether oxygens (including phenoxy) is 1. The molecule has 0 spiro atoms. The van der Waals surface area contributed by atoms with Gasteiger partial charge >= 0.3 is 0 Å². The molecule has 0 saturated heterocycles. The summed E-state index contributed by atoms with van der Waals surface area (Å²) in [6.07, 6.45) is 0. The smallest absolute Gasteiger partial charge is 0.261 e. The van der Waals surface area contributed by atoms with Gasteiger partial charge in [0, 0.05) is 19.2 Å². The molecule has 0 aliphatic heterocycles. The highest BCUT2D eigenvalue weighted by Crippen LogP contribution is 2.22. The largest absolute Gasteiger partial charge is 0.494 e. The number of nitrogens with zero attached hydrogens (tertiary/aromatic N) is 1. The number of nitrogens with one attached hydrogen (secondary N) is 1. The lowest BCUT2D eigenvalue weighted by atomic mass is 10.1. The van der Waals surface area contributed by atoms with Crippen molar-refractivity contribution >= 4 is 21.6 Å². The molecule has 3 aromatic carbocycles. The third-order valence-corrected chi connectivity index (χ3v) is 6.13. The third-order valence-electron chi connectivity index (χ3n) is 4.75. The van der Waals surface area contributed by atoms with Crippen LogP contribution in [0.15, 0.2) is 77.7 Å². The fourth-order valence-corrected chi connectivity index (χ4v) is 4.33. The third kappa shape index (κ3) is 5.64. The highest BCUT2D eigenvalue weighted by molar-refractivity contribution is 7.92. The highest BCUT2D eigenvalue weighted by atomic mass is 32.2. The van der Waals surface area contributed by atoms with E-state index in [4.69, 9.17) is 4.74 Å². The van der Waals surface area contributed by atoms with Crippen molar-refractivity contribution in [3.05, 3.63) is 89.5 Å². The average Bonchev–Trinajstić information content (AvgIpc) is 2.75. The Kier molecular flexibility index (Phi) is 6.97. The molecular formula is C24H26N2O4S. The first-order valence-corrected chi connectivity index (χ1v) is 11.4. The van der Waals surface area contributed by atoms with Crippen molar-refractivity contribution in [1.82, 2.24) is 4.90 Å². The molecule has 162 valence electrons. The van der Waals surface area contributed by atoms with Crippen molar-refractivity contribution in [3.8, 4) is 5.75 Å². The Labute approximate surface area is 183 Å². The summed E-state index contributed by atoms with van der Waals surface area (Å²) < 4.78 is 33.2. The standard InChI is InChI=1S/C24H26N2O4S/c1-4-30-21-10-8-9-19(16-21)17-26(3)24(27)20-13-14-23(18(2)15-20)25-31(28,29)22-11-6-5-7-12-22/h5-16,25H,4,17H2,1-3H3. The molecule has 0 heterocycles. The van der Waals surface area contributed by atoms with E-state index < -0.39 is 10.0 Å². The molecule has 7 heteroatoms. The molecule has 0 atom stereocenters. The summed E-state index contributed by atoms with van der Waals surface area (Å²) in [4.78, 5) is 14.7. The fourth-order valence-electron chi connectivity index (χ4n) is 3.18. The van der Waals surface area contributed by atoms with Crippen LogP contribution >= 0.6 is 0 Å². The van der Waals surface area contributed by atoms with E-state index in [1.807, 2.05) is 31.2 Å². The molecule has 0 unspecified atom stereocenters. The lowest BCUT2D eigenvalue weighted by molar-refractivity contribution is 0.0785. The molecule has 0 radical (unpaired) electrons. The SMILES string of the molecule is CCOc1cccc(CN(C)C(=O)c2ccc(NS(=O)(=O)c3ccccc3)c(C)c2)c1. The van der Waals surface area contributed by atoms with Gasteiger partial charge in [-0.25, -0.2) is 8.42 Å². The maximum atomic E-state index is 12.9. The molecule has 0 saturated carbocycles. The second-order valence-corrected chi connectivity index (χ2v) is 8.87. The molecule has 1 N–H and O–H groups in total. The summed E-state index contributed by atoms with van der Waals surface area (Å²) in [7, 11) is -1.96. The minimum Gasteiger partial charge on any atom is -0.494 e. The van der Waals surface area contributed by atoms with Gasteiger partial charge in [-0.1, -0.05) is 30.3 Å². The Morgan fingerprint density at radius 1 is 1.00 bits per heavy atom. The van der Waals surface area contributed by atoms with Crippen LogP contribution in [-0.4, -0.2) is 32.9 Å². The zero-order chi connectivity index (χ0) is 22.4. The number of rotatable bonds is 8. The Hall–Kier alpha value is -3.32. The van der Waals surface area contributed by atoms with E-state index in [0.717, 1.165) is 11.3 Å². The van der Waals surface area contributed by atoms with Crippen LogP contribution in [0.25, 0.3) is 0 Å². The topological polar surface area (TPSA) is 75.7 Å². The second-order valence-electron chi connectivity index (χ2n) is 7.19.